The van der Waals surface area contributed by atoms with E-state index in [1.165, 1.54) is 23.9 Å². The lowest BCUT2D eigenvalue weighted by Gasteiger charge is -2.08. The van der Waals surface area contributed by atoms with Crippen molar-refractivity contribution in [3.63, 3.8) is 0 Å². The van der Waals surface area contributed by atoms with Crippen molar-refractivity contribution in [2.45, 2.75) is 28.5 Å². The molecule has 0 saturated carbocycles. The van der Waals surface area contributed by atoms with Gasteiger partial charge in [-0.25, -0.2) is 13.6 Å². The van der Waals surface area contributed by atoms with E-state index in [-0.39, 0.29) is 10.6 Å². The molecule has 0 saturated heterocycles. The minimum Gasteiger partial charge on any atom is -0.258 e. The summed E-state index contributed by atoms with van der Waals surface area (Å²) in [6.07, 6.45) is 0. The van der Waals surface area contributed by atoms with Crippen LogP contribution in [0.25, 0.3) is 0 Å². The molecule has 2 rings (SSSR count). The van der Waals surface area contributed by atoms with Gasteiger partial charge < -0.3 is 0 Å². The molecular weight excluding hydrogens is 324 g/mol. The predicted octanol–water partition coefficient (Wildman–Crippen LogP) is 3.01. The average Bonchev–Trinajstić information content (AvgIpc) is 2.40. The quantitative estimate of drug-likeness (QED) is 0.682. The van der Waals surface area contributed by atoms with Crippen LogP contribution in [0.4, 0.5) is 5.69 Å². The minimum atomic E-state index is -3.98. The number of nitro benzene ring substituents is 1. The number of benzene rings is 2. The first-order valence-electron chi connectivity index (χ1n) is 6.25. The Bertz CT molecular complexity index is 848. The van der Waals surface area contributed by atoms with Gasteiger partial charge >= 0.3 is 0 Å². The standard InChI is InChI=1S/C14H14N2O4S2/c1-9-3-5-13(10(2)7-9)21-14-6-4-11(22(15,19)20)8-12(14)16(17)18/h3-8H,1-2H3,(H2,15,19,20). The zero-order valence-corrected chi connectivity index (χ0v) is 13.6. The molecular formula is C14H14N2O4S2. The molecule has 0 radical (unpaired) electrons. The van der Waals surface area contributed by atoms with Crippen LogP contribution < -0.4 is 5.14 Å². The third kappa shape index (κ3) is 3.65. The summed E-state index contributed by atoms with van der Waals surface area (Å²) in [6.45, 7) is 3.88. The van der Waals surface area contributed by atoms with E-state index in [1.54, 1.807) is 0 Å². The maximum Gasteiger partial charge on any atom is 0.284 e. The first kappa shape index (κ1) is 16.5. The first-order chi connectivity index (χ1) is 10.2. The molecule has 0 aliphatic heterocycles. The van der Waals surface area contributed by atoms with Gasteiger partial charge in [-0.15, -0.1) is 0 Å². The van der Waals surface area contributed by atoms with Crippen LogP contribution in [0, 0.1) is 24.0 Å². The summed E-state index contributed by atoms with van der Waals surface area (Å²) in [7, 11) is -3.98. The van der Waals surface area contributed by atoms with Crippen LogP contribution in [-0.2, 0) is 10.0 Å². The minimum absolute atomic E-state index is 0.274. The Morgan fingerprint density at radius 1 is 1.09 bits per heavy atom. The van der Waals surface area contributed by atoms with Crippen molar-refractivity contribution in [3.05, 3.63) is 57.6 Å². The Labute approximate surface area is 132 Å². The summed E-state index contributed by atoms with van der Waals surface area (Å²) < 4.78 is 22.6. The molecule has 2 N–H and O–H groups in total. The van der Waals surface area contributed by atoms with Crippen molar-refractivity contribution < 1.29 is 13.3 Å². The van der Waals surface area contributed by atoms with E-state index in [4.69, 9.17) is 5.14 Å². The molecule has 2 aromatic rings. The normalized spacial score (nSPS) is 11.4. The lowest BCUT2D eigenvalue weighted by atomic mass is 10.2. The van der Waals surface area contributed by atoms with E-state index in [1.807, 2.05) is 32.0 Å². The van der Waals surface area contributed by atoms with Crippen LogP contribution in [0.3, 0.4) is 0 Å². The summed E-state index contributed by atoms with van der Waals surface area (Å²) in [5, 5.41) is 16.2. The molecule has 22 heavy (non-hydrogen) atoms. The van der Waals surface area contributed by atoms with E-state index in [0.717, 1.165) is 22.1 Å². The molecule has 8 heteroatoms. The zero-order valence-electron chi connectivity index (χ0n) is 11.9. The van der Waals surface area contributed by atoms with E-state index in [0.29, 0.717) is 4.90 Å². The summed E-state index contributed by atoms with van der Waals surface area (Å²) in [5.41, 5.74) is 1.81. The van der Waals surface area contributed by atoms with Gasteiger partial charge in [0.2, 0.25) is 10.0 Å². The molecule has 0 aliphatic rings. The Kier molecular flexibility index (Phi) is 4.55. The molecule has 0 aromatic heterocycles. The molecule has 0 heterocycles. The summed E-state index contributed by atoms with van der Waals surface area (Å²) in [6, 6.07) is 9.44. The molecule has 2 aromatic carbocycles. The second kappa shape index (κ2) is 6.07. The highest BCUT2D eigenvalue weighted by Crippen LogP contribution is 2.37. The van der Waals surface area contributed by atoms with Gasteiger partial charge in [-0.3, -0.25) is 10.1 Å². The van der Waals surface area contributed by atoms with E-state index in [2.05, 4.69) is 0 Å². The lowest BCUT2D eigenvalue weighted by Crippen LogP contribution is -2.12. The number of sulfonamides is 1. The summed E-state index contributed by atoms with van der Waals surface area (Å²) in [5.74, 6) is 0. The molecule has 116 valence electrons. The number of primary sulfonamides is 1. The van der Waals surface area contributed by atoms with Gasteiger partial charge in [0.25, 0.3) is 5.69 Å². The molecule has 6 nitrogen and oxygen atoms in total. The maximum absolute atomic E-state index is 11.3. The Balaban J connectivity index is 2.49. The number of aryl methyl sites for hydroxylation is 2. The third-order valence-electron chi connectivity index (χ3n) is 3.01. The van der Waals surface area contributed by atoms with E-state index < -0.39 is 14.9 Å². The summed E-state index contributed by atoms with van der Waals surface area (Å²) >= 11 is 1.22. The van der Waals surface area contributed by atoms with Crippen LogP contribution in [0.1, 0.15) is 11.1 Å². The molecule has 0 unspecified atom stereocenters. The van der Waals surface area contributed by atoms with Crippen molar-refractivity contribution in [1.29, 1.82) is 0 Å². The number of nitro groups is 1. The Morgan fingerprint density at radius 2 is 1.73 bits per heavy atom. The van der Waals surface area contributed by atoms with Crippen LogP contribution in [0.15, 0.2) is 51.1 Å². The lowest BCUT2D eigenvalue weighted by molar-refractivity contribution is -0.388. The largest absolute Gasteiger partial charge is 0.284 e. The average molecular weight is 338 g/mol. The van der Waals surface area contributed by atoms with Gasteiger partial charge in [0, 0.05) is 11.0 Å². The summed E-state index contributed by atoms with van der Waals surface area (Å²) in [4.78, 5) is 11.5. The van der Waals surface area contributed by atoms with Crippen LogP contribution in [-0.4, -0.2) is 13.3 Å². The fourth-order valence-corrected chi connectivity index (χ4v) is 3.44. The van der Waals surface area contributed by atoms with E-state index >= 15 is 0 Å². The topological polar surface area (TPSA) is 103 Å². The second-order valence-electron chi connectivity index (χ2n) is 4.80. The van der Waals surface area contributed by atoms with Crippen LogP contribution in [0.5, 0.6) is 0 Å². The Morgan fingerprint density at radius 3 is 2.27 bits per heavy atom. The highest BCUT2D eigenvalue weighted by Gasteiger charge is 2.20. The van der Waals surface area contributed by atoms with Crippen LogP contribution >= 0.6 is 11.8 Å². The zero-order chi connectivity index (χ0) is 16.5. The van der Waals surface area contributed by atoms with Gasteiger partial charge in [0.1, 0.15) is 0 Å². The first-order valence-corrected chi connectivity index (χ1v) is 8.61. The van der Waals surface area contributed by atoms with Crippen molar-refractivity contribution in [1.82, 2.24) is 0 Å². The molecule has 0 fully saturated rings. The molecule has 0 atom stereocenters. The van der Waals surface area contributed by atoms with Crippen molar-refractivity contribution in [2.75, 3.05) is 0 Å². The van der Waals surface area contributed by atoms with Gasteiger partial charge in [-0.2, -0.15) is 0 Å². The highest BCUT2D eigenvalue weighted by atomic mass is 32.2. The fourth-order valence-electron chi connectivity index (χ4n) is 1.94. The van der Waals surface area contributed by atoms with Crippen LogP contribution in [0.2, 0.25) is 0 Å². The SMILES string of the molecule is Cc1ccc(Sc2ccc(S(N)(=O)=O)cc2[N+](=O)[O-])c(C)c1. The fraction of sp³-hybridized carbons (Fsp3) is 0.143. The molecule has 0 bridgehead atoms. The van der Waals surface area contributed by atoms with Crippen molar-refractivity contribution >= 4 is 27.5 Å². The number of nitrogens with two attached hydrogens (primary N) is 1. The third-order valence-corrected chi connectivity index (χ3v) is 5.16. The Hall–Kier alpha value is -1.90. The molecule has 0 amide bonds. The van der Waals surface area contributed by atoms with Gasteiger partial charge in [0.15, 0.2) is 0 Å². The number of rotatable bonds is 4. The van der Waals surface area contributed by atoms with Crippen molar-refractivity contribution in [2.24, 2.45) is 5.14 Å². The van der Waals surface area contributed by atoms with Gasteiger partial charge in [-0.1, -0.05) is 29.5 Å². The maximum atomic E-state index is 11.3. The monoisotopic (exact) mass is 338 g/mol. The van der Waals surface area contributed by atoms with E-state index in [9.17, 15) is 18.5 Å². The number of hydrogen-bond donors (Lipinski definition) is 1. The predicted molar refractivity (Wildman–Crippen MR) is 84.5 cm³/mol. The van der Waals surface area contributed by atoms with Crippen molar-refractivity contribution in [3.8, 4) is 0 Å². The second-order valence-corrected chi connectivity index (χ2v) is 7.45. The highest BCUT2D eigenvalue weighted by molar-refractivity contribution is 7.99. The van der Waals surface area contributed by atoms with Gasteiger partial charge in [-0.05, 0) is 37.6 Å². The smallest absolute Gasteiger partial charge is 0.258 e. The molecule has 0 aliphatic carbocycles. The molecule has 0 spiro atoms. The number of hydrogen-bond acceptors (Lipinski definition) is 5. The number of nitrogens with zero attached hydrogens (tertiary/aromatic N) is 1. The van der Waals surface area contributed by atoms with Gasteiger partial charge in [0.05, 0.1) is 14.7 Å².